The average molecular weight is 290 g/mol. The second-order valence-electron chi connectivity index (χ2n) is 4.02. The lowest BCUT2D eigenvalue weighted by Gasteiger charge is -2.24. The molecule has 0 fully saturated rings. The molecule has 0 aromatic carbocycles. The molecule has 1 atom stereocenters. The molecule has 2 N–H and O–H groups in total. The second-order valence-corrected chi connectivity index (χ2v) is 5.00. The highest BCUT2D eigenvalue weighted by molar-refractivity contribution is 7.10. The minimum Gasteiger partial charge on any atom is -0.463 e. The van der Waals surface area contributed by atoms with Gasteiger partial charge in [-0.15, -0.1) is 11.3 Å². The summed E-state index contributed by atoms with van der Waals surface area (Å²) in [7, 11) is 0. The van der Waals surface area contributed by atoms with E-state index in [1.54, 1.807) is 13.8 Å². The van der Waals surface area contributed by atoms with E-state index in [2.05, 4.69) is 15.6 Å². The Balaban J connectivity index is 2.40. The number of ether oxygens (including phenoxy) is 1. The molecule has 0 saturated heterocycles. The van der Waals surface area contributed by atoms with Gasteiger partial charge in [0.1, 0.15) is 6.04 Å². The first-order valence-corrected chi connectivity index (χ1v) is 6.96. The van der Waals surface area contributed by atoms with Gasteiger partial charge in [0.2, 0.25) is 5.96 Å². The predicted molar refractivity (Wildman–Crippen MR) is 75.7 cm³/mol. The van der Waals surface area contributed by atoms with Gasteiger partial charge in [0.25, 0.3) is 0 Å². The van der Waals surface area contributed by atoms with Gasteiger partial charge in [-0.1, -0.05) is 6.07 Å². The van der Waals surface area contributed by atoms with Crippen molar-refractivity contribution in [1.29, 1.82) is 5.26 Å². The largest absolute Gasteiger partial charge is 0.463 e. The molecule has 0 saturated carbocycles. The molecule has 2 heterocycles. The van der Waals surface area contributed by atoms with E-state index in [0.29, 0.717) is 23.8 Å². The number of thiophene rings is 1. The number of guanidine groups is 1. The van der Waals surface area contributed by atoms with Crippen LogP contribution in [0.25, 0.3) is 0 Å². The van der Waals surface area contributed by atoms with Gasteiger partial charge in [0.15, 0.2) is 6.19 Å². The lowest BCUT2D eigenvalue weighted by atomic mass is 10.0. The van der Waals surface area contributed by atoms with Crippen LogP contribution in [0.3, 0.4) is 0 Å². The van der Waals surface area contributed by atoms with Gasteiger partial charge < -0.3 is 10.1 Å². The van der Waals surface area contributed by atoms with Crippen LogP contribution < -0.4 is 10.6 Å². The van der Waals surface area contributed by atoms with Crippen LogP contribution in [-0.2, 0) is 9.53 Å². The highest BCUT2D eigenvalue weighted by Crippen LogP contribution is 2.33. The summed E-state index contributed by atoms with van der Waals surface area (Å²) >= 11 is 1.50. The van der Waals surface area contributed by atoms with Crippen LogP contribution >= 0.6 is 11.3 Å². The summed E-state index contributed by atoms with van der Waals surface area (Å²) in [4.78, 5) is 17.4. The minimum atomic E-state index is -0.453. The maximum Gasteiger partial charge on any atom is 0.338 e. The van der Waals surface area contributed by atoms with Crippen LogP contribution in [0.5, 0.6) is 0 Å². The van der Waals surface area contributed by atoms with E-state index in [4.69, 9.17) is 10.00 Å². The Bertz CT molecular complexity index is 598. The van der Waals surface area contributed by atoms with Gasteiger partial charge in [-0.3, -0.25) is 5.32 Å². The number of nitrogens with zero attached hydrogens (tertiary/aromatic N) is 2. The van der Waals surface area contributed by atoms with Gasteiger partial charge in [-0.2, -0.15) is 5.26 Å². The van der Waals surface area contributed by atoms with E-state index in [9.17, 15) is 4.79 Å². The molecule has 0 amide bonds. The summed E-state index contributed by atoms with van der Waals surface area (Å²) in [5.74, 6) is -0.0629. The van der Waals surface area contributed by atoms with Gasteiger partial charge in [0.05, 0.1) is 12.2 Å². The molecule has 0 spiro atoms. The molecule has 104 valence electrons. The molecule has 20 heavy (non-hydrogen) atoms. The van der Waals surface area contributed by atoms with Crippen LogP contribution in [0.4, 0.5) is 0 Å². The molecule has 0 aliphatic carbocycles. The number of aliphatic imine (C=N–C) groups is 1. The van der Waals surface area contributed by atoms with Crippen molar-refractivity contribution in [3.05, 3.63) is 33.7 Å². The highest BCUT2D eigenvalue weighted by Gasteiger charge is 2.30. The van der Waals surface area contributed by atoms with Crippen molar-refractivity contribution in [2.75, 3.05) is 6.61 Å². The summed E-state index contributed by atoms with van der Waals surface area (Å²) < 4.78 is 5.09. The van der Waals surface area contributed by atoms with Gasteiger partial charge in [-0.05, 0) is 25.3 Å². The van der Waals surface area contributed by atoms with E-state index in [0.717, 1.165) is 4.88 Å². The molecule has 1 aliphatic heterocycles. The van der Waals surface area contributed by atoms with Crippen LogP contribution in [0.1, 0.15) is 24.8 Å². The van der Waals surface area contributed by atoms with Crippen molar-refractivity contribution >= 4 is 23.3 Å². The number of allylic oxidation sites excluding steroid dienone is 1. The predicted octanol–water partition coefficient (Wildman–Crippen LogP) is 1.66. The fourth-order valence-electron chi connectivity index (χ4n) is 1.92. The summed E-state index contributed by atoms with van der Waals surface area (Å²) in [5.41, 5.74) is 1.10. The SMILES string of the molecule is CCOC(=O)C1=C(C)NC(NC#N)=NC1c1cccs1. The van der Waals surface area contributed by atoms with E-state index >= 15 is 0 Å². The van der Waals surface area contributed by atoms with Crippen molar-refractivity contribution < 1.29 is 9.53 Å². The molecule has 0 bridgehead atoms. The number of nitrogens with one attached hydrogen (secondary N) is 2. The number of hydrogen-bond donors (Lipinski definition) is 2. The molecule has 0 radical (unpaired) electrons. The summed E-state index contributed by atoms with van der Waals surface area (Å²) in [6.45, 7) is 3.83. The standard InChI is InChI=1S/C13H14N4O2S/c1-3-19-12(18)10-8(2)16-13(15-7-14)17-11(10)9-5-4-6-20-9/h4-6,11H,3H2,1-2H3,(H2,15,16,17). The first-order valence-electron chi connectivity index (χ1n) is 6.08. The summed E-state index contributed by atoms with van der Waals surface area (Å²) in [6.07, 6.45) is 1.81. The first kappa shape index (κ1) is 14.1. The Hall–Kier alpha value is -2.33. The second kappa shape index (κ2) is 6.21. The Morgan fingerprint density at radius 1 is 1.70 bits per heavy atom. The number of hydrogen-bond acceptors (Lipinski definition) is 7. The van der Waals surface area contributed by atoms with Crippen LogP contribution in [0, 0.1) is 11.5 Å². The number of rotatable bonds is 3. The quantitative estimate of drug-likeness (QED) is 0.502. The molecule has 1 aromatic rings. The van der Waals surface area contributed by atoms with Gasteiger partial charge in [0, 0.05) is 10.6 Å². The molecular weight excluding hydrogens is 276 g/mol. The molecule has 1 aliphatic rings. The highest BCUT2D eigenvalue weighted by atomic mass is 32.1. The monoisotopic (exact) mass is 290 g/mol. The Morgan fingerprint density at radius 3 is 3.10 bits per heavy atom. The van der Waals surface area contributed by atoms with E-state index < -0.39 is 12.0 Å². The molecule has 6 nitrogen and oxygen atoms in total. The zero-order valence-corrected chi connectivity index (χ0v) is 12.0. The van der Waals surface area contributed by atoms with E-state index in [1.807, 2.05) is 23.7 Å². The van der Waals surface area contributed by atoms with Crippen LogP contribution in [-0.4, -0.2) is 18.5 Å². The van der Waals surface area contributed by atoms with E-state index in [1.165, 1.54) is 11.3 Å². The third kappa shape index (κ3) is 2.81. The smallest absolute Gasteiger partial charge is 0.338 e. The number of carbonyl (C=O) groups is 1. The van der Waals surface area contributed by atoms with Crippen LogP contribution in [0.2, 0.25) is 0 Å². The van der Waals surface area contributed by atoms with Crippen molar-refractivity contribution in [3.63, 3.8) is 0 Å². The van der Waals surface area contributed by atoms with Crippen molar-refractivity contribution in [3.8, 4) is 6.19 Å². The lowest BCUT2D eigenvalue weighted by Crippen LogP contribution is -2.39. The molecule has 2 rings (SSSR count). The van der Waals surface area contributed by atoms with Gasteiger partial charge in [-0.25, -0.2) is 9.79 Å². The van der Waals surface area contributed by atoms with Crippen molar-refractivity contribution in [1.82, 2.24) is 10.6 Å². The minimum absolute atomic E-state index is 0.305. The van der Waals surface area contributed by atoms with Crippen molar-refractivity contribution in [2.45, 2.75) is 19.9 Å². The molecule has 7 heteroatoms. The molecule has 1 aromatic heterocycles. The maximum absolute atomic E-state index is 12.1. The number of nitriles is 1. The van der Waals surface area contributed by atoms with E-state index in [-0.39, 0.29) is 0 Å². The summed E-state index contributed by atoms with van der Waals surface area (Å²) in [6, 6.07) is 3.35. The summed E-state index contributed by atoms with van der Waals surface area (Å²) in [5, 5.41) is 16.0. The fraction of sp³-hybridized carbons (Fsp3) is 0.308. The maximum atomic E-state index is 12.1. The molecule has 1 unspecified atom stereocenters. The Kier molecular flexibility index (Phi) is 4.38. The third-order valence-corrected chi connectivity index (χ3v) is 3.65. The Labute approximate surface area is 120 Å². The zero-order chi connectivity index (χ0) is 14.5. The molecular formula is C13H14N4O2S. The number of carbonyl (C=O) groups excluding carboxylic acids is 1. The average Bonchev–Trinajstić information content (AvgIpc) is 2.92. The topological polar surface area (TPSA) is 86.5 Å². The van der Waals surface area contributed by atoms with Crippen LogP contribution in [0.15, 0.2) is 33.8 Å². The van der Waals surface area contributed by atoms with Crippen molar-refractivity contribution in [2.24, 2.45) is 4.99 Å². The third-order valence-electron chi connectivity index (χ3n) is 2.72. The fourth-order valence-corrected chi connectivity index (χ4v) is 2.69. The normalized spacial score (nSPS) is 17.9. The first-order chi connectivity index (χ1) is 9.67. The van der Waals surface area contributed by atoms with Gasteiger partial charge >= 0.3 is 5.97 Å². The Morgan fingerprint density at radius 2 is 2.50 bits per heavy atom. The zero-order valence-electron chi connectivity index (χ0n) is 11.1. The number of esters is 1. The lowest BCUT2D eigenvalue weighted by molar-refractivity contribution is -0.138.